The van der Waals surface area contributed by atoms with Crippen molar-refractivity contribution in [2.24, 2.45) is 0 Å². The molecule has 3 rings (SSSR count). The Kier molecular flexibility index (Phi) is 3.86. The van der Waals surface area contributed by atoms with E-state index in [4.69, 9.17) is 4.74 Å². The number of benzene rings is 2. The third-order valence-corrected chi connectivity index (χ3v) is 3.75. The normalized spacial score (nSPS) is 15.0. The lowest BCUT2D eigenvalue weighted by Crippen LogP contribution is -2.26. The topological polar surface area (TPSA) is 29.5 Å². The number of fused-ring (bicyclic) bond motifs is 1. The molecule has 0 radical (unpaired) electrons. The van der Waals surface area contributed by atoms with Crippen LogP contribution in [-0.2, 0) is 4.79 Å². The molecule has 3 heteroatoms. The molecule has 1 amide bonds. The summed E-state index contributed by atoms with van der Waals surface area (Å²) in [5.74, 6) is 1.21. The summed E-state index contributed by atoms with van der Waals surface area (Å²) in [6, 6.07) is 14.3. The summed E-state index contributed by atoms with van der Waals surface area (Å²) >= 11 is 0. The molecule has 0 saturated carbocycles. The number of likely N-dealkylation sites (tertiary alicyclic amines) is 1. The van der Waals surface area contributed by atoms with Gasteiger partial charge in [0.2, 0.25) is 5.91 Å². The summed E-state index contributed by atoms with van der Waals surface area (Å²) in [5, 5.41) is 2.34. The van der Waals surface area contributed by atoms with Gasteiger partial charge in [-0.1, -0.05) is 36.4 Å². The maximum absolute atomic E-state index is 11.5. The van der Waals surface area contributed by atoms with Crippen LogP contribution in [0, 0.1) is 0 Å². The van der Waals surface area contributed by atoms with Crippen molar-refractivity contribution in [2.45, 2.75) is 19.3 Å². The number of ether oxygens (including phenoxy) is 1. The Morgan fingerprint density at radius 3 is 2.80 bits per heavy atom. The van der Waals surface area contributed by atoms with Gasteiger partial charge in [-0.25, -0.2) is 0 Å². The minimum Gasteiger partial charge on any atom is -0.493 e. The summed E-state index contributed by atoms with van der Waals surface area (Å²) in [6.45, 7) is 2.37. The van der Waals surface area contributed by atoms with E-state index in [2.05, 4.69) is 18.2 Å². The fraction of sp³-hybridized carbons (Fsp3) is 0.353. The van der Waals surface area contributed by atoms with Crippen LogP contribution in [0.4, 0.5) is 0 Å². The molecule has 1 aliphatic heterocycles. The number of carbonyl (C=O) groups excluding carboxylic acids is 1. The van der Waals surface area contributed by atoms with Crippen molar-refractivity contribution in [3.05, 3.63) is 42.5 Å². The second-order valence-corrected chi connectivity index (χ2v) is 5.16. The third-order valence-electron chi connectivity index (χ3n) is 3.75. The van der Waals surface area contributed by atoms with Crippen molar-refractivity contribution in [2.75, 3.05) is 19.7 Å². The predicted octanol–water partition coefficient (Wildman–Crippen LogP) is 3.23. The summed E-state index contributed by atoms with van der Waals surface area (Å²) in [6.07, 6.45) is 2.60. The van der Waals surface area contributed by atoms with Crippen molar-refractivity contribution in [1.29, 1.82) is 0 Å². The smallest absolute Gasteiger partial charge is 0.222 e. The largest absolute Gasteiger partial charge is 0.493 e. The zero-order valence-corrected chi connectivity index (χ0v) is 11.5. The lowest BCUT2D eigenvalue weighted by Gasteiger charge is -2.15. The fourth-order valence-electron chi connectivity index (χ4n) is 2.70. The quantitative estimate of drug-likeness (QED) is 0.780. The lowest BCUT2D eigenvalue weighted by molar-refractivity contribution is -0.127. The summed E-state index contributed by atoms with van der Waals surface area (Å²) < 4.78 is 5.88. The Hall–Kier alpha value is -2.03. The number of hydrogen-bond acceptors (Lipinski definition) is 2. The van der Waals surface area contributed by atoms with Crippen LogP contribution in [0.3, 0.4) is 0 Å². The lowest BCUT2D eigenvalue weighted by atomic mass is 10.1. The highest BCUT2D eigenvalue weighted by molar-refractivity contribution is 5.88. The number of carbonyl (C=O) groups is 1. The van der Waals surface area contributed by atoms with Gasteiger partial charge in [-0.2, -0.15) is 0 Å². The number of rotatable bonds is 5. The van der Waals surface area contributed by atoms with Crippen LogP contribution >= 0.6 is 0 Å². The summed E-state index contributed by atoms with van der Waals surface area (Å²) in [7, 11) is 0. The van der Waals surface area contributed by atoms with Crippen molar-refractivity contribution in [3.63, 3.8) is 0 Å². The van der Waals surface area contributed by atoms with Crippen LogP contribution in [0.25, 0.3) is 10.8 Å². The molecule has 1 heterocycles. The average molecular weight is 269 g/mol. The molecule has 2 aromatic carbocycles. The molecule has 0 N–H and O–H groups in total. The molecule has 0 aromatic heterocycles. The van der Waals surface area contributed by atoms with Gasteiger partial charge in [0.25, 0.3) is 0 Å². The maximum atomic E-state index is 11.5. The average Bonchev–Trinajstić information content (AvgIpc) is 2.89. The Labute approximate surface area is 119 Å². The van der Waals surface area contributed by atoms with Crippen molar-refractivity contribution in [3.8, 4) is 5.75 Å². The molecule has 1 saturated heterocycles. The minimum absolute atomic E-state index is 0.287. The molecular formula is C17H19NO2. The van der Waals surface area contributed by atoms with E-state index in [1.165, 1.54) is 5.39 Å². The van der Waals surface area contributed by atoms with Gasteiger partial charge in [-0.05, 0) is 24.3 Å². The Morgan fingerprint density at radius 2 is 1.95 bits per heavy atom. The first-order chi connectivity index (χ1) is 9.84. The van der Waals surface area contributed by atoms with E-state index in [9.17, 15) is 4.79 Å². The first kappa shape index (κ1) is 13.0. The molecular weight excluding hydrogens is 250 g/mol. The zero-order chi connectivity index (χ0) is 13.8. The first-order valence-electron chi connectivity index (χ1n) is 7.23. The molecule has 20 heavy (non-hydrogen) atoms. The number of amides is 1. The van der Waals surface area contributed by atoms with E-state index in [1.54, 1.807) is 0 Å². The van der Waals surface area contributed by atoms with Gasteiger partial charge in [0.1, 0.15) is 5.75 Å². The Balaban J connectivity index is 1.56. The van der Waals surface area contributed by atoms with Crippen LogP contribution in [0.15, 0.2) is 42.5 Å². The number of hydrogen-bond donors (Lipinski definition) is 0. The highest BCUT2D eigenvalue weighted by atomic mass is 16.5. The fourth-order valence-corrected chi connectivity index (χ4v) is 2.70. The van der Waals surface area contributed by atoms with Crippen LogP contribution in [0.1, 0.15) is 19.3 Å². The van der Waals surface area contributed by atoms with E-state index in [0.717, 1.165) is 37.1 Å². The van der Waals surface area contributed by atoms with E-state index in [1.807, 2.05) is 29.2 Å². The highest BCUT2D eigenvalue weighted by Gasteiger charge is 2.19. The van der Waals surface area contributed by atoms with Gasteiger partial charge in [-0.3, -0.25) is 4.79 Å². The van der Waals surface area contributed by atoms with Crippen LogP contribution in [0.2, 0.25) is 0 Å². The summed E-state index contributed by atoms with van der Waals surface area (Å²) in [4.78, 5) is 13.4. The first-order valence-corrected chi connectivity index (χ1v) is 7.23. The van der Waals surface area contributed by atoms with Crippen LogP contribution in [0.5, 0.6) is 5.75 Å². The molecule has 0 spiro atoms. The van der Waals surface area contributed by atoms with Crippen LogP contribution in [-0.4, -0.2) is 30.5 Å². The van der Waals surface area contributed by atoms with E-state index < -0.39 is 0 Å². The molecule has 1 aliphatic rings. The van der Waals surface area contributed by atoms with Crippen molar-refractivity contribution < 1.29 is 9.53 Å². The maximum Gasteiger partial charge on any atom is 0.222 e. The SMILES string of the molecule is O=C1CCCN1CCCOc1cccc2ccccc12. The minimum atomic E-state index is 0.287. The molecule has 3 nitrogen and oxygen atoms in total. The molecule has 104 valence electrons. The van der Waals surface area contributed by atoms with Crippen molar-refractivity contribution >= 4 is 16.7 Å². The standard InChI is InChI=1S/C17H19NO2/c19-17-10-4-11-18(17)12-5-13-20-16-9-3-7-14-6-1-2-8-15(14)16/h1-3,6-9H,4-5,10-13H2. The zero-order valence-electron chi connectivity index (χ0n) is 11.5. The monoisotopic (exact) mass is 269 g/mol. The molecule has 0 bridgehead atoms. The van der Waals surface area contributed by atoms with Crippen molar-refractivity contribution in [1.82, 2.24) is 4.90 Å². The Morgan fingerprint density at radius 1 is 1.10 bits per heavy atom. The molecule has 2 aromatic rings. The molecule has 0 aliphatic carbocycles. The second kappa shape index (κ2) is 5.95. The van der Waals surface area contributed by atoms with Gasteiger partial charge in [0, 0.05) is 24.9 Å². The van der Waals surface area contributed by atoms with Crippen LogP contribution < -0.4 is 4.74 Å². The van der Waals surface area contributed by atoms with E-state index >= 15 is 0 Å². The van der Waals surface area contributed by atoms with Gasteiger partial charge >= 0.3 is 0 Å². The molecule has 1 fully saturated rings. The number of nitrogens with zero attached hydrogens (tertiary/aromatic N) is 1. The molecule has 0 atom stereocenters. The van der Waals surface area contributed by atoms with Gasteiger partial charge in [-0.15, -0.1) is 0 Å². The molecule has 0 unspecified atom stereocenters. The van der Waals surface area contributed by atoms with Gasteiger partial charge < -0.3 is 9.64 Å². The second-order valence-electron chi connectivity index (χ2n) is 5.16. The van der Waals surface area contributed by atoms with Gasteiger partial charge in [0.15, 0.2) is 0 Å². The third kappa shape index (κ3) is 2.77. The Bertz CT molecular complexity index is 603. The van der Waals surface area contributed by atoms with E-state index in [-0.39, 0.29) is 5.91 Å². The summed E-state index contributed by atoms with van der Waals surface area (Å²) in [5.41, 5.74) is 0. The highest BCUT2D eigenvalue weighted by Crippen LogP contribution is 2.25. The van der Waals surface area contributed by atoms with E-state index in [0.29, 0.717) is 13.0 Å². The van der Waals surface area contributed by atoms with Gasteiger partial charge in [0.05, 0.1) is 6.61 Å². The predicted molar refractivity (Wildman–Crippen MR) is 79.9 cm³/mol.